The molecular weight excluding hydrogens is 142 g/mol. The van der Waals surface area contributed by atoms with Crippen molar-refractivity contribution in [3.05, 3.63) is 0 Å². The number of esters is 1. The lowest BCUT2D eigenvalue weighted by molar-refractivity contribution is -0.141. The number of hydrogen-bond donors (Lipinski definition) is 0. The van der Waals surface area contributed by atoms with E-state index in [-0.39, 0.29) is 12.1 Å². The van der Waals surface area contributed by atoms with Crippen molar-refractivity contribution in [3.8, 4) is 6.07 Å². The van der Waals surface area contributed by atoms with Crippen molar-refractivity contribution in [2.24, 2.45) is 0 Å². The molecular formula is C8H13NO2. The molecule has 0 bridgehead atoms. The van der Waals surface area contributed by atoms with E-state index in [1.807, 2.05) is 6.92 Å². The van der Waals surface area contributed by atoms with Crippen molar-refractivity contribution in [2.75, 3.05) is 0 Å². The average Bonchev–Trinajstić information content (AvgIpc) is 2.37. The molecule has 1 rings (SSSR count). The first-order valence-corrected chi connectivity index (χ1v) is 3.74. The highest BCUT2D eigenvalue weighted by Crippen LogP contribution is 2.15. The Morgan fingerprint density at radius 1 is 1.82 bits per heavy atom. The molecule has 1 aliphatic rings. The van der Waals surface area contributed by atoms with E-state index in [1.165, 1.54) is 6.92 Å². The summed E-state index contributed by atoms with van der Waals surface area (Å²) in [5.41, 5.74) is 0. The van der Waals surface area contributed by atoms with Gasteiger partial charge in [-0.25, -0.2) is 0 Å². The van der Waals surface area contributed by atoms with Gasteiger partial charge in [-0.2, -0.15) is 5.26 Å². The molecule has 1 atom stereocenters. The molecule has 0 aliphatic carbocycles. The maximum atomic E-state index is 10.4. The summed E-state index contributed by atoms with van der Waals surface area (Å²) in [4.78, 5) is 10.4. The highest BCUT2D eigenvalue weighted by Gasteiger charge is 2.20. The van der Waals surface area contributed by atoms with E-state index in [1.54, 1.807) is 6.07 Å². The van der Waals surface area contributed by atoms with Gasteiger partial charge in [0.25, 0.3) is 0 Å². The molecule has 1 fully saturated rings. The number of ether oxygens (including phenoxy) is 1. The monoisotopic (exact) mass is 155 g/mol. The minimum absolute atomic E-state index is 0.0307. The molecule has 3 heteroatoms. The van der Waals surface area contributed by atoms with Crippen LogP contribution in [0.2, 0.25) is 0 Å². The summed E-state index contributed by atoms with van der Waals surface area (Å²) in [6.07, 6.45) is 2.74. The molecule has 0 aromatic heterocycles. The zero-order valence-corrected chi connectivity index (χ0v) is 6.96. The van der Waals surface area contributed by atoms with Crippen molar-refractivity contribution in [2.45, 2.75) is 39.2 Å². The predicted molar refractivity (Wildman–Crippen MR) is 40.7 cm³/mol. The van der Waals surface area contributed by atoms with Crippen molar-refractivity contribution < 1.29 is 9.53 Å². The minimum Gasteiger partial charge on any atom is -0.462 e. The van der Waals surface area contributed by atoms with Crippen molar-refractivity contribution in [1.29, 1.82) is 5.26 Å². The Morgan fingerprint density at radius 2 is 2.36 bits per heavy atom. The van der Waals surface area contributed by atoms with E-state index < -0.39 is 0 Å². The van der Waals surface area contributed by atoms with Gasteiger partial charge >= 0.3 is 5.97 Å². The third-order valence-electron chi connectivity index (χ3n) is 1.42. The topological polar surface area (TPSA) is 50.1 Å². The Morgan fingerprint density at radius 3 is 2.55 bits per heavy atom. The fraction of sp³-hybridized carbons (Fsp3) is 0.750. The second-order valence-electron chi connectivity index (χ2n) is 2.28. The number of cyclic esters (lactones) is 1. The van der Waals surface area contributed by atoms with Crippen LogP contribution in [0.15, 0.2) is 0 Å². The van der Waals surface area contributed by atoms with E-state index in [0.717, 1.165) is 12.8 Å². The van der Waals surface area contributed by atoms with Crippen LogP contribution in [0.25, 0.3) is 0 Å². The van der Waals surface area contributed by atoms with E-state index >= 15 is 0 Å². The second kappa shape index (κ2) is 5.72. The summed E-state index contributed by atoms with van der Waals surface area (Å²) < 4.78 is 4.87. The van der Waals surface area contributed by atoms with Gasteiger partial charge in [0.05, 0.1) is 6.07 Å². The Hall–Kier alpha value is -1.04. The quantitative estimate of drug-likeness (QED) is 0.541. The summed E-state index contributed by atoms with van der Waals surface area (Å²) in [7, 11) is 0. The summed E-state index contributed by atoms with van der Waals surface area (Å²) in [5, 5.41) is 7.32. The lowest BCUT2D eigenvalue weighted by atomic mass is 10.2. The van der Waals surface area contributed by atoms with Crippen LogP contribution in [0.4, 0.5) is 0 Å². The lowest BCUT2D eigenvalue weighted by Gasteiger charge is -2.01. The first kappa shape index (κ1) is 9.96. The van der Waals surface area contributed by atoms with E-state index in [9.17, 15) is 4.79 Å². The largest absolute Gasteiger partial charge is 0.462 e. The predicted octanol–water partition coefficient (Wildman–Crippen LogP) is 1.63. The van der Waals surface area contributed by atoms with E-state index in [4.69, 9.17) is 10.00 Å². The summed E-state index contributed by atoms with van der Waals surface area (Å²) >= 11 is 0. The highest BCUT2D eigenvalue weighted by atomic mass is 16.5. The number of nitrogens with zero attached hydrogens (tertiary/aromatic N) is 1. The summed E-state index contributed by atoms with van der Waals surface area (Å²) in [6.45, 7) is 3.46. The highest BCUT2D eigenvalue weighted by molar-refractivity contribution is 5.71. The minimum atomic E-state index is -0.0307. The fourth-order valence-corrected chi connectivity index (χ4v) is 0.870. The first-order valence-electron chi connectivity index (χ1n) is 3.74. The Labute approximate surface area is 67.0 Å². The third kappa shape index (κ3) is 4.38. The van der Waals surface area contributed by atoms with Gasteiger partial charge in [0, 0.05) is 13.3 Å². The van der Waals surface area contributed by atoms with E-state index in [0.29, 0.717) is 6.42 Å². The van der Waals surface area contributed by atoms with Crippen LogP contribution >= 0.6 is 0 Å². The van der Waals surface area contributed by atoms with Crippen LogP contribution in [0.1, 0.15) is 33.1 Å². The van der Waals surface area contributed by atoms with Gasteiger partial charge in [-0.15, -0.1) is 0 Å². The summed E-state index contributed by atoms with van der Waals surface area (Å²) in [6, 6.07) is 1.75. The van der Waals surface area contributed by atoms with Crippen LogP contribution in [0, 0.1) is 11.3 Å². The second-order valence-corrected chi connectivity index (χ2v) is 2.28. The molecule has 0 spiro atoms. The molecule has 11 heavy (non-hydrogen) atoms. The maximum absolute atomic E-state index is 10.4. The Balaban J connectivity index is 0.000000292. The van der Waals surface area contributed by atoms with Gasteiger partial charge in [-0.05, 0) is 12.8 Å². The molecule has 1 saturated heterocycles. The SMILES string of the molecule is CC#N.CCC1CCC(=O)O1. The van der Waals surface area contributed by atoms with Crippen LogP contribution < -0.4 is 0 Å². The van der Waals surface area contributed by atoms with Crippen molar-refractivity contribution >= 4 is 5.97 Å². The molecule has 0 radical (unpaired) electrons. The normalized spacial score (nSPS) is 21.2. The van der Waals surface area contributed by atoms with Crippen LogP contribution in [-0.2, 0) is 9.53 Å². The molecule has 0 N–H and O–H groups in total. The van der Waals surface area contributed by atoms with Crippen molar-refractivity contribution in [3.63, 3.8) is 0 Å². The number of carbonyl (C=O) groups is 1. The Bertz CT molecular complexity index is 160. The lowest BCUT2D eigenvalue weighted by Crippen LogP contribution is -2.03. The number of hydrogen-bond acceptors (Lipinski definition) is 3. The molecule has 1 heterocycles. The van der Waals surface area contributed by atoms with E-state index in [2.05, 4.69) is 0 Å². The third-order valence-corrected chi connectivity index (χ3v) is 1.42. The standard InChI is InChI=1S/C6H10O2.C2H3N/c1-2-5-3-4-6(7)8-5;1-2-3/h5H,2-4H2,1H3;1H3. The molecule has 0 aromatic carbocycles. The zero-order chi connectivity index (χ0) is 8.69. The van der Waals surface area contributed by atoms with Gasteiger partial charge < -0.3 is 4.74 Å². The maximum Gasteiger partial charge on any atom is 0.306 e. The number of rotatable bonds is 1. The fourth-order valence-electron chi connectivity index (χ4n) is 0.870. The molecule has 0 saturated carbocycles. The van der Waals surface area contributed by atoms with Gasteiger partial charge in [-0.3, -0.25) is 4.79 Å². The number of nitriles is 1. The average molecular weight is 155 g/mol. The Kier molecular flexibility index (Phi) is 5.18. The molecule has 1 unspecified atom stereocenters. The van der Waals surface area contributed by atoms with Crippen LogP contribution in [0.3, 0.4) is 0 Å². The smallest absolute Gasteiger partial charge is 0.306 e. The van der Waals surface area contributed by atoms with Crippen molar-refractivity contribution in [1.82, 2.24) is 0 Å². The number of carbonyl (C=O) groups excluding carboxylic acids is 1. The molecule has 0 aromatic rings. The molecule has 62 valence electrons. The van der Waals surface area contributed by atoms with Gasteiger partial charge in [0.2, 0.25) is 0 Å². The first-order chi connectivity index (χ1) is 5.24. The zero-order valence-electron chi connectivity index (χ0n) is 6.96. The molecule has 0 amide bonds. The van der Waals surface area contributed by atoms with Gasteiger partial charge in [0.1, 0.15) is 6.10 Å². The van der Waals surface area contributed by atoms with Crippen LogP contribution in [0.5, 0.6) is 0 Å². The van der Waals surface area contributed by atoms with Crippen LogP contribution in [-0.4, -0.2) is 12.1 Å². The molecule has 3 nitrogen and oxygen atoms in total. The van der Waals surface area contributed by atoms with Gasteiger partial charge in [0.15, 0.2) is 0 Å². The van der Waals surface area contributed by atoms with Gasteiger partial charge in [-0.1, -0.05) is 6.92 Å². The molecule has 1 aliphatic heterocycles. The summed E-state index contributed by atoms with van der Waals surface area (Å²) in [5.74, 6) is -0.0307.